The summed E-state index contributed by atoms with van der Waals surface area (Å²) in [6.07, 6.45) is 0.439. The van der Waals surface area contributed by atoms with Crippen molar-refractivity contribution < 1.29 is 29.4 Å². The van der Waals surface area contributed by atoms with Gasteiger partial charge in [0.1, 0.15) is 17.1 Å². The van der Waals surface area contributed by atoms with E-state index >= 15 is 0 Å². The maximum Gasteiger partial charge on any atom is 0.352 e. The molecule has 0 aliphatic carbocycles. The second-order valence-electron chi connectivity index (χ2n) is 6.26. The summed E-state index contributed by atoms with van der Waals surface area (Å²) in [5, 5.41) is 20.4. The molecule has 0 saturated carbocycles. The first-order chi connectivity index (χ1) is 13.4. The number of benzene rings is 1. The lowest BCUT2D eigenvalue weighted by molar-refractivity contribution is -0.150. The molecule has 8 nitrogen and oxygen atoms in total. The number of carbonyl (C=O) groups is 4. The molecule has 2 atom stereocenters. The molecule has 10 heteroatoms. The second kappa shape index (κ2) is 8.70. The summed E-state index contributed by atoms with van der Waals surface area (Å²) in [5.74, 6) is -2.91. The van der Waals surface area contributed by atoms with Gasteiger partial charge >= 0.3 is 11.9 Å². The molecule has 1 aromatic rings. The highest BCUT2D eigenvalue weighted by Crippen LogP contribution is 2.41. The van der Waals surface area contributed by atoms with Crippen LogP contribution < -0.4 is 5.32 Å². The summed E-state index contributed by atoms with van der Waals surface area (Å²) >= 11 is 2.35. The number of β-lactam (4-membered cyclic amide) rings is 1. The van der Waals surface area contributed by atoms with E-state index in [9.17, 15) is 24.3 Å². The number of fused-ring (bicyclic) bond motifs is 1. The van der Waals surface area contributed by atoms with E-state index in [4.69, 9.17) is 5.11 Å². The van der Waals surface area contributed by atoms with E-state index in [1.54, 1.807) is 0 Å². The molecule has 2 aliphatic rings. The number of aliphatic carboxylic acids is 2. The van der Waals surface area contributed by atoms with Crippen LogP contribution in [-0.2, 0) is 25.6 Å². The van der Waals surface area contributed by atoms with Crippen molar-refractivity contribution in [2.45, 2.75) is 17.8 Å². The van der Waals surface area contributed by atoms with E-state index in [0.717, 1.165) is 17.3 Å². The van der Waals surface area contributed by atoms with Gasteiger partial charge in [0.05, 0.1) is 11.5 Å². The molecular weight excluding hydrogens is 404 g/mol. The topological polar surface area (TPSA) is 124 Å². The molecule has 0 bridgehead atoms. The summed E-state index contributed by atoms with van der Waals surface area (Å²) in [7, 11) is 0. The van der Waals surface area contributed by atoms with Crippen LogP contribution in [0.3, 0.4) is 0 Å². The van der Waals surface area contributed by atoms with Crippen molar-refractivity contribution in [2.75, 3.05) is 17.3 Å². The predicted molar refractivity (Wildman–Crippen MR) is 105 cm³/mol. The van der Waals surface area contributed by atoms with Crippen LogP contribution in [0.4, 0.5) is 0 Å². The molecule has 0 aromatic heterocycles. The van der Waals surface area contributed by atoms with Gasteiger partial charge in [-0.05, 0) is 17.6 Å². The predicted octanol–water partition coefficient (Wildman–Crippen LogP) is 0.786. The lowest BCUT2D eigenvalue weighted by Crippen LogP contribution is -2.70. The molecule has 2 aliphatic heterocycles. The zero-order chi connectivity index (χ0) is 20.3. The van der Waals surface area contributed by atoms with Gasteiger partial charge in [0.2, 0.25) is 5.91 Å². The van der Waals surface area contributed by atoms with Crippen LogP contribution in [0.5, 0.6) is 0 Å². The van der Waals surface area contributed by atoms with Gasteiger partial charge in [-0.1, -0.05) is 30.3 Å². The standard InChI is InChI=1S/C18H18N2O6S2/c21-12(8-27-9-13(22)23)19-14-16(24)20-15(18(25)26)11(7-28-17(14)20)6-10-4-2-1-3-5-10/h1-5,14,17H,6-9H2,(H,19,21)(H,22,23)(H,25,26)/t14-,17-/m1/s1. The average Bonchev–Trinajstić information content (AvgIpc) is 2.66. The van der Waals surface area contributed by atoms with Gasteiger partial charge in [0.25, 0.3) is 5.91 Å². The lowest BCUT2D eigenvalue weighted by Gasteiger charge is -2.49. The van der Waals surface area contributed by atoms with E-state index in [1.807, 2.05) is 30.3 Å². The van der Waals surface area contributed by atoms with Crippen molar-refractivity contribution in [1.29, 1.82) is 0 Å². The quantitative estimate of drug-likeness (QED) is 0.525. The Morgan fingerprint density at radius 3 is 2.54 bits per heavy atom. The largest absolute Gasteiger partial charge is 0.481 e. The van der Waals surface area contributed by atoms with Crippen LogP contribution in [0.15, 0.2) is 41.6 Å². The van der Waals surface area contributed by atoms with Gasteiger partial charge in [-0.2, -0.15) is 0 Å². The van der Waals surface area contributed by atoms with Crippen molar-refractivity contribution in [1.82, 2.24) is 10.2 Å². The monoisotopic (exact) mass is 422 g/mol. The number of nitrogens with one attached hydrogen (secondary N) is 1. The Morgan fingerprint density at radius 1 is 1.18 bits per heavy atom. The molecule has 0 unspecified atom stereocenters. The van der Waals surface area contributed by atoms with Gasteiger partial charge < -0.3 is 15.5 Å². The number of hydrogen-bond donors (Lipinski definition) is 3. The third-order valence-electron chi connectivity index (χ3n) is 4.29. The fraction of sp³-hybridized carbons (Fsp3) is 0.333. The smallest absolute Gasteiger partial charge is 0.352 e. The van der Waals surface area contributed by atoms with E-state index in [1.165, 1.54) is 16.7 Å². The normalized spacial score (nSPS) is 21.0. The first-order valence-corrected chi connectivity index (χ1v) is 10.6. The Morgan fingerprint density at radius 2 is 1.89 bits per heavy atom. The first-order valence-electron chi connectivity index (χ1n) is 8.41. The van der Waals surface area contributed by atoms with Crippen molar-refractivity contribution in [3.05, 3.63) is 47.2 Å². The molecule has 148 valence electrons. The molecule has 1 fully saturated rings. The molecule has 1 saturated heterocycles. The summed E-state index contributed by atoms with van der Waals surface area (Å²) in [6.45, 7) is 0. The Bertz CT molecular complexity index is 842. The zero-order valence-corrected chi connectivity index (χ0v) is 16.3. The number of carboxylic acid groups (broad SMARTS) is 2. The molecule has 28 heavy (non-hydrogen) atoms. The van der Waals surface area contributed by atoms with Crippen LogP contribution in [0.1, 0.15) is 5.56 Å². The number of hydrogen-bond acceptors (Lipinski definition) is 6. The van der Waals surface area contributed by atoms with Gasteiger partial charge in [-0.3, -0.25) is 19.3 Å². The Hall–Kier alpha value is -2.46. The van der Waals surface area contributed by atoms with Crippen LogP contribution in [0, 0.1) is 0 Å². The summed E-state index contributed by atoms with van der Waals surface area (Å²) < 4.78 is 0. The SMILES string of the molecule is O=C(O)CSCC(=O)N[C@@H]1C(=O)N2C(C(=O)O)=C(Cc3ccccc3)CS[C@H]12. The Balaban J connectivity index is 1.68. The van der Waals surface area contributed by atoms with Crippen molar-refractivity contribution in [2.24, 2.45) is 0 Å². The molecule has 0 radical (unpaired) electrons. The summed E-state index contributed by atoms with van der Waals surface area (Å²) in [4.78, 5) is 48.0. The molecule has 0 spiro atoms. The van der Waals surface area contributed by atoms with E-state index in [2.05, 4.69) is 5.32 Å². The van der Waals surface area contributed by atoms with Crippen molar-refractivity contribution >= 4 is 47.3 Å². The van der Waals surface area contributed by atoms with E-state index in [0.29, 0.717) is 17.7 Å². The van der Waals surface area contributed by atoms with Gasteiger partial charge in [0.15, 0.2) is 0 Å². The highest BCUT2D eigenvalue weighted by atomic mass is 32.2. The van der Waals surface area contributed by atoms with E-state index in [-0.39, 0.29) is 17.2 Å². The fourth-order valence-electron chi connectivity index (χ4n) is 3.11. The number of amides is 2. The number of carbonyl (C=O) groups excluding carboxylic acids is 2. The van der Waals surface area contributed by atoms with Crippen LogP contribution in [0.2, 0.25) is 0 Å². The summed E-state index contributed by atoms with van der Waals surface area (Å²) in [5.41, 5.74) is 1.61. The van der Waals surface area contributed by atoms with Crippen LogP contribution >= 0.6 is 23.5 Å². The number of rotatable bonds is 8. The fourth-order valence-corrected chi connectivity index (χ4v) is 5.00. The maximum absolute atomic E-state index is 12.5. The third-order valence-corrected chi connectivity index (χ3v) is 6.54. The molecule has 2 heterocycles. The zero-order valence-electron chi connectivity index (χ0n) is 14.7. The Labute approximate surface area is 169 Å². The third kappa shape index (κ3) is 4.33. The number of thioether (sulfide) groups is 2. The van der Waals surface area contributed by atoms with Crippen LogP contribution in [-0.4, -0.2) is 67.5 Å². The lowest BCUT2D eigenvalue weighted by atomic mass is 9.99. The van der Waals surface area contributed by atoms with Gasteiger partial charge in [-0.15, -0.1) is 23.5 Å². The average molecular weight is 422 g/mol. The molecule has 1 aromatic carbocycles. The minimum absolute atomic E-state index is 0.0108. The molecule has 3 rings (SSSR count). The number of nitrogens with zero attached hydrogens (tertiary/aromatic N) is 1. The van der Waals surface area contributed by atoms with Gasteiger partial charge in [0, 0.05) is 5.75 Å². The highest BCUT2D eigenvalue weighted by molar-refractivity contribution is 8.00. The minimum Gasteiger partial charge on any atom is -0.481 e. The number of carboxylic acids is 2. The second-order valence-corrected chi connectivity index (χ2v) is 8.35. The first kappa shape index (κ1) is 20.3. The van der Waals surface area contributed by atoms with Crippen LogP contribution in [0.25, 0.3) is 0 Å². The highest BCUT2D eigenvalue weighted by Gasteiger charge is 2.54. The van der Waals surface area contributed by atoms with E-state index < -0.39 is 35.2 Å². The van der Waals surface area contributed by atoms with Crippen molar-refractivity contribution in [3.8, 4) is 0 Å². The summed E-state index contributed by atoms with van der Waals surface area (Å²) in [6, 6.07) is 8.63. The molecular formula is C18H18N2O6S2. The Kier molecular flexibility index (Phi) is 6.30. The molecule has 3 N–H and O–H groups in total. The molecule has 2 amide bonds. The van der Waals surface area contributed by atoms with Crippen molar-refractivity contribution in [3.63, 3.8) is 0 Å². The maximum atomic E-state index is 12.5. The van der Waals surface area contributed by atoms with Gasteiger partial charge in [-0.25, -0.2) is 4.79 Å². The minimum atomic E-state index is -1.16.